The Morgan fingerprint density at radius 2 is 1.62 bits per heavy atom. The number of anilines is 2. The van der Waals surface area contributed by atoms with E-state index in [1.54, 1.807) is 18.2 Å². The predicted octanol–water partition coefficient (Wildman–Crippen LogP) is 4.52. The summed E-state index contributed by atoms with van der Waals surface area (Å²) >= 11 is 12.4. The van der Waals surface area contributed by atoms with Gasteiger partial charge in [0, 0.05) is 6.54 Å². The highest BCUT2D eigenvalue weighted by atomic mass is 35.5. The lowest BCUT2D eigenvalue weighted by Gasteiger charge is -2.14. The molecule has 0 radical (unpaired) electrons. The van der Waals surface area contributed by atoms with E-state index in [0.29, 0.717) is 6.54 Å². The Morgan fingerprint density at radius 1 is 0.925 bits per heavy atom. The zero-order valence-electron chi connectivity index (χ0n) is 21.7. The molecule has 210 valence electrons. The topological polar surface area (TPSA) is 135 Å². The van der Waals surface area contributed by atoms with Crippen molar-refractivity contribution in [2.24, 2.45) is 0 Å². The second-order valence-corrected chi connectivity index (χ2v) is 9.83. The predicted molar refractivity (Wildman–Crippen MR) is 151 cm³/mol. The lowest BCUT2D eigenvalue weighted by atomic mass is 10.2. The van der Waals surface area contributed by atoms with E-state index in [1.807, 2.05) is 0 Å². The van der Waals surface area contributed by atoms with E-state index in [0.717, 1.165) is 30.7 Å². The summed E-state index contributed by atoms with van der Waals surface area (Å²) in [6, 6.07) is 10.1. The third kappa shape index (κ3) is 6.98. The van der Waals surface area contributed by atoms with Crippen molar-refractivity contribution in [2.75, 3.05) is 43.9 Å². The molecule has 4 rings (SSSR count). The second kappa shape index (κ2) is 13.4. The number of aromatic nitrogens is 2. The largest absolute Gasteiger partial charge is 0.465 e. The van der Waals surface area contributed by atoms with E-state index in [1.165, 1.54) is 50.4 Å². The molecule has 3 amide bonds. The van der Waals surface area contributed by atoms with Crippen molar-refractivity contribution in [3.63, 3.8) is 0 Å². The van der Waals surface area contributed by atoms with Crippen LogP contribution < -0.4 is 16.0 Å². The highest BCUT2D eigenvalue weighted by molar-refractivity contribution is 6.40. The van der Waals surface area contributed by atoms with Gasteiger partial charge in [0.15, 0.2) is 5.69 Å². The summed E-state index contributed by atoms with van der Waals surface area (Å²) in [5.74, 6) is -1.91. The highest BCUT2D eigenvalue weighted by Gasteiger charge is 2.24. The minimum absolute atomic E-state index is 0.00649. The molecule has 2 heterocycles. The average Bonchev–Trinajstić information content (AvgIpc) is 3.61. The quantitative estimate of drug-likeness (QED) is 0.248. The Labute approximate surface area is 240 Å². The summed E-state index contributed by atoms with van der Waals surface area (Å²) < 4.78 is 5.62. The maximum Gasteiger partial charge on any atom is 0.346 e. The van der Waals surface area contributed by atoms with Crippen LogP contribution in [0.1, 0.15) is 50.5 Å². The van der Waals surface area contributed by atoms with Gasteiger partial charge in [-0.2, -0.15) is 9.78 Å². The first-order valence-corrected chi connectivity index (χ1v) is 13.4. The zero-order chi connectivity index (χ0) is 28.6. The normalized spacial score (nSPS) is 13.1. The van der Waals surface area contributed by atoms with Gasteiger partial charge in [-0.05, 0) is 63.2 Å². The van der Waals surface area contributed by atoms with Gasteiger partial charge in [0.1, 0.15) is 0 Å². The molecule has 1 aliphatic rings. The van der Waals surface area contributed by atoms with Crippen molar-refractivity contribution >= 4 is 58.4 Å². The van der Waals surface area contributed by atoms with Crippen LogP contribution in [0.15, 0.2) is 48.7 Å². The molecule has 3 N–H and O–H groups in total. The van der Waals surface area contributed by atoms with Crippen LogP contribution in [0.4, 0.5) is 16.2 Å². The van der Waals surface area contributed by atoms with Gasteiger partial charge in [0.05, 0.1) is 45.9 Å². The summed E-state index contributed by atoms with van der Waals surface area (Å²) in [7, 11) is 1.23. The second-order valence-electron chi connectivity index (χ2n) is 9.01. The number of nitrogens with zero attached hydrogens (tertiary/aromatic N) is 3. The van der Waals surface area contributed by atoms with Gasteiger partial charge >= 0.3 is 12.0 Å². The number of halogens is 2. The summed E-state index contributed by atoms with van der Waals surface area (Å²) in [6.45, 7) is 3.33. The van der Waals surface area contributed by atoms with Gasteiger partial charge in [-0.15, -0.1) is 0 Å². The van der Waals surface area contributed by atoms with Crippen LogP contribution in [-0.4, -0.2) is 71.8 Å². The first-order chi connectivity index (χ1) is 19.3. The number of hydrogen-bond acceptors (Lipinski definition) is 7. The Hall–Kier alpha value is -3.93. The summed E-state index contributed by atoms with van der Waals surface area (Å²) in [5, 5.41) is 12.3. The first kappa shape index (κ1) is 29.1. The molecule has 0 aliphatic carbocycles. The molecule has 11 nitrogen and oxygen atoms in total. The molecule has 3 aromatic rings. The van der Waals surface area contributed by atoms with Crippen LogP contribution >= 0.6 is 23.2 Å². The lowest BCUT2D eigenvalue weighted by Crippen LogP contribution is -2.30. The summed E-state index contributed by atoms with van der Waals surface area (Å²) in [4.78, 5) is 53.7. The van der Waals surface area contributed by atoms with Gasteiger partial charge in [-0.1, -0.05) is 41.4 Å². The minimum atomic E-state index is -0.782. The van der Waals surface area contributed by atoms with Crippen LogP contribution in [0.3, 0.4) is 0 Å². The standard InChI is InChI=1S/C27H28Cl2N6O5/c1-40-26(38)17-8-2-3-11-20(17)32-27(39)35-16-21(31-24(36)22-18(28)9-6-10-19(22)29)23(33-35)25(37)30-12-7-15-34-13-4-5-14-34/h2-3,6,8-11,16H,4-5,7,12-15H2,1H3,(H,30,37)(H,31,36)(H,32,39). The maximum atomic E-state index is 13.1. The molecule has 0 saturated carbocycles. The number of esters is 1. The molecular formula is C27H28Cl2N6O5. The van der Waals surface area contributed by atoms with E-state index in [4.69, 9.17) is 27.9 Å². The van der Waals surface area contributed by atoms with Crippen LogP contribution in [0, 0.1) is 0 Å². The molecule has 0 atom stereocenters. The van der Waals surface area contributed by atoms with E-state index >= 15 is 0 Å². The Kier molecular flexibility index (Phi) is 9.75. The monoisotopic (exact) mass is 586 g/mol. The summed E-state index contributed by atoms with van der Waals surface area (Å²) in [6.07, 6.45) is 4.27. The van der Waals surface area contributed by atoms with Crippen LogP contribution in [-0.2, 0) is 4.74 Å². The van der Waals surface area contributed by atoms with Crippen molar-refractivity contribution in [3.8, 4) is 0 Å². The summed E-state index contributed by atoms with van der Waals surface area (Å²) in [5.41, 5.74) is 0.0927. The number of para-hydroxylation sites is 1. The number of likely N-dealkylation sites (tertiary alicyclic amines) is 1. The number of rotatable bonds is 9. The van der Waals surface area contributed by atoms with Crippen molar-refractivity contribution in [3.05, 3.63) is 75.5 Å². The Balaban J connectivity index is 1.56. The van der Waals surface area contributed by atoms with Gasteiger partial charge in [0.25, 0.3) is 11.8 Å². The third-order valence-electron chi connectivity index (χ3n) is 6.28. The minimum Gasteiger partial charge on any atom is -0.465 e. The van der Waals surface area contributed by atoms with E-state index in [-0.39, 0.29) is 38.2 Å². The van der Waals surface area contributed by atoms with Crippen molar-refractivity contribution in [2.45, 2.75) is 19.3 Å². The fraction of sp³-hybridized carbons (Fsp3) is 0.296. The lowest BCUT2D eigenvalue weighted by molar-refractivity contribution is 0.0601. The molecule has 2 aromatic carbocycles. The SMILES string of the molecule is COC(=O)c1ccccc1NC(=O)n1cc(NC(=O)c2c(Cl)cccc2Cl)c(C(=O)NCCCN2CCCC2)n1. The third-order valence-corrected chi connectivity index (χ3v) is 6.91. The van der Waals surface area contributed by atoms with Crippen molar-refractivity contribution in [1.82, 2.24) is 20.0 Å². The van der Waals surface area contributed by atoms with Crippen LogP contribution in [0.2, 0.25) is 10.0 Å². The molecule has 0 bridgehead atoms. The molecule has 13 heteroatoms. The van der Waals surface area contributed by atoms with E-state index < -0.39 is 23.8 Å². The fourth-order valence-corrected chi connectivity index (χ4v) is 4.85. The molecule has 0 unspecified atom stereocenters. The van der Waals surface area contributed by atoms with Gasteiger partial charge in [-0.3, -0.25) is 9.59 Å². The number of nitrogens with one attached hydrogen (secondary N) is 3. The Morgan fingerprint density at radius 3 is 2.33 bits per heavy atom. The first-order valence-electron chi connectivity index (χ1n) is 12.6. The van der Waals surface area contributed by atoms with Gasteiger partial charge in [0.2, 0.25) is 0 Å². The van der Waals surface area contributed by atoms with E-state index in [9.17, 15) is 19.2 Å². The van der Waals surface area contributed by atoms with Gasteiger partial charge in [-0.25, -0.2) is 9.59 Å². The number of ether oxygens (including phenoxy) is 1. The fourth-order valence-electron chi connectivity index (χ4n) is 4.28. The van der Waals surface area contributed by atoms with E-state index in [2.05, 4.69) is 25.9 Å². The smallest absolute Gasteiger partial charge is 0.346 e. The number of benzene rings is 2. The molecule has 0 spiro atoms. The van der Waals surface area contributed by atoms with Crippen LogP contribution in [0.25, 0.3) is 0 Å². The molecule has 1 saturated heterocycles. The number of amides is 3. The zero-order valence-corrected chi connectivity index (χ0v) is 23.2. The molecule has 1 aromatic heterocycles. The molecule has 40 heavy (non-hydrogen) atoms. The van der Waals surface area contributed by atoms with Gasteiger partial charge < -0.3 is 25.6 Å². The van der Waals surface area contributed by atoms with Crippen molar-refractivity contribution in [1.29, 1.82) is 0 Å². The molecular weight excluding hydrogens is 559 g/mol. The number of carbonyl (C=O) groups excluding carboxylic acids is 4. The molecule has 1 fully saturated rings. The van der Waals surface area contributed by atoms with Crippen molar-refractivity contribution < 1.29 is 23.9 Å². The van der Waals surface area contributed by atoms with Crippen LogP contribution in [0.5, 0.6) is 0 Å². The number of carbonyl (C=O) groups is 4. The number of hydrogen-bond donors (Lipinski definition) is 3. The average molecular weight is 587 g/mol. The number of methoxy groups -OCH3 is 1. The molecule has 1 aliphatic heterocycles. The Bertz CT molecular complexity index is 1400. The highest BCUT2D eigenvalue weighted by Crippen LogP contribution is 2.26. The maximum absolute atomic E-state index is 13.1.